The molecule has 0 saturated carbocycles. The van der Waals surface area contributed by atoms with Gasteiger partial charge in [-0.1, -0.05) is 214 Å². The summed E-state index contributed by atoms with van der Waals surface area (Å²) < 4.78 is 2.85. The molecule has 6 aromatic heterocycles. The Hall–Kier alpha value is -2.39. The van der Waals surface area contributed by atoms with Crippen molar-refractivity contribution in [3.05, 3.63) is 79.2 Å². The highest BCUT2D eigenvalue weighted by atomic mass is 32.1. The Bertz CT molecular complexity index is 2810. The van der Waals surface area contributed by atoms with Crippen LogP contribution in [0.4, 0.5) is 0 Å². The fraction of sp³-hybridized carbons (Fsp3) is 0.603. The van der Waals surface area contributed by atoms with Crippen molar-refractivity contribution in [1.29, 1.82) is 0 Å². The predicted octanol–water partition coefficient (Wildman–Crippen LogP) is 25.6. The Morgan fingerprint density at radius 2 is 0.893 bits per heavy atom. The van der Waals surface area contributed by atoms with E-state index in [1.54, 1.807) is 4.88 Å². The molecule has 1 atom stereocenters. The van der Waals surface area contributed by atoms with Crippen LogP contribution in [-0.2, 0) is 18.3 Å². The average molecular weight is 1120 g/mol. The summed E-state index contributed by atoms with van der Waals surface area (Å²) in [5, 5.41) is 2.81. The normalized spacial score (nSPS) is 13.7. The van der Waals surface area contributed by atoms with Crippen molar-refractivity contribution in [2.75, 3.05) is 0 Å². The summed E-state index contributed by atoms with van der Waals surface area (Å²) >= 11 is 11.9. The minimum atomic E-state index is -0.418. The zero-order valence-corrected chi connectivity index (χ0v) is 52.6. The van der Waals surface area contributed by atoms with Gasteiger partial charge in [0.2, 0.25) is 0 Å². The SMILES string of the molecule is CCCCCCCCCCC(CCCCCCCC)Cc1ccc(-c2c3cc(-c4cc5c(s4)-c4sc(C)cc4C(CCCCCCCC)(CCCCCCCC)C5=O)sc3c(-c3ccc(CC)s3)c3cc(C)sc23)s1. The van der Waals surface area contributed by atoms with Crippen LogP contribution in [0.1, 0.15) is 263 Å². The summed E-state index contributed by atoms with van der Waals surface area (Å²) in [6.07, 6.45) is 41.5. The number of aryl methyl sites for hydroxylation is 3. The molecule has 0 spiro atoms. The van der Waals surface area contributed by atoms with E-state index in [2.05, 4.69) is 108 Å². The van der Waals surface area contributed by atoms with E-state index in [1.165, 1.54) is 254 Å². The number of thiophene rings is 6. The van der Waals surface area contributed by atoms with Gasteiger partial charge in [0.15, 0.2) is 5.78 Å². The Balaban J connectivity index is 1.15. The smallest absolute Gasteiger partial charge is 0.174 e. The molecule has 8 rings (SSSR count). The molecule has 0 bridgehead atoms. The Morgan fingerprint density at radius 1 is 0.427 bits per heavy atom. The molecule has 1 aromatic carbocycles. The standard InChI is InChI=1S/C68H94OS6/c1-8-13-17-21-25-26-28-32-36-50(35-31-27-22-18-14-9-2)45-52-38-40-58(73-52)62-54-46-59(74-64(54)61(53-43-48(6)70-63(53)62)57-39-37-51(12-5)72-57)60-47-55-65(75-60)66-56(44-49(7)71-66)68(67(55)69,41-33-29-23-19-15-10-3)42-34-30-24-20-16-11-4/h37-40,43-44,46-47,50H,8-36,41-42,45H2,1-7H3. The first-order chi connectivity index (χ1) is 36.7. The molecule has 6 heterocycles. The lowest BCUT2D eigenvalue weighted by Gasteiger charge is -2.36. The largest absolute Gasteiger partial charge is 0.293 e. The van der Waals surface area contributed by atoms with Crippen LogP contribution in [0.5, 0.6) is 0 Å². The summed E-state index contributed by atoms with van der Waals surface area (Å²) in [5.41, 5.74) is 4.80. The lowest BCUT2D eigenvalue weighted by Crippen LogP contribution is -2.38. The highest BCUT2D eigenvalue weighted by molar-refractivity contribution is 7.30. The summed E-state index contributed by atoms with van der Waals surface area (Å²) in [6, 6.07) is 19.6. The van der Waals surface area contributed by atoms with E-state index in [0.717, 1.165) is 43.6 Å². The minimum absolute atomic E-state index is 0.417. The summed E-state index contributed by atoms with van der Waals surface area (Å²) in [6.45, 7) is 16.2. The van der Waals surface area contributed by atoms with Crippen molar-refractivity contribution in [2.45, 2.75) is 259 Å². The second-order valence-electron chi connectivity index (χ2n) is 22.9. The number of benzene rings is 1. The number of hydrogen-bond donors (Lipinski definition) is 0. The third kappa shape index (κ3) is 14.7. The van der Waals surface area contributed by atoms with Crippen LogP contribution in [0.15, 0.2) is 48.5 Å². The second-order valence-corrected chi connectivity index (χ2v) is 29.8. The molecular weight excluding hydrogens is 1030 g/mol. The zero-order chi connectivity index (χ0) is 52.6. The number of fused-ring (bicyclic) bond motifs is 5. The molecule has 0 amide bonds. The molecule has 0 fully saturated rings. The van der Waals surface area contributed by atoms with Gasteiger partial charge in [0.05, 0.1) is 10.3 Å². The van der Waals surface area contributed by atoms with Gasteiger partial charge in [-0.2, -0.15) is 0 Å². The summed E-state index contributed by atoms with van der Waals surface area (Å²) in [4.78, 5) is 29.4. The fourth-order valence-electron chi connectivity index (χ4n) is 12.5. The van der Waals surface area contributed by atoms with E-state index >= 15 is 4.79 Å². The number of carbonyl (C=O) groups excluding carboxylic acids is 1. The molecule has 0 aliphatic heterocycles. The van der Waals surface area contributed by atoms with Crippen molar-refractivity contribution >= 4 is 94.0 Å². The van der Waals surface area contributed by atoms with Crippen molar-refractivity contribution in [1.82, 2.24) is 0 Å². The first-order valence-corrected chi connectivity index (χ1v) is 35.6. The fourth-order valence-corrected chi connectivity index (χ4v) is 19.7. The van der Waals surface area contributed by atoms with Crippen LogP contribution in [0.3, 0.4) is 0 Å². The van der Waals surface area contributed by atoms with Crippen molar-refractivity contribution in [2.24, 2.45) is 5.92 Å². The maximum absolute atomic E-state index is 15.7. The van der Waals surface area contributed by atoms with Crippen LogP contribution in [0, 0.1) is 19.8 Å². The van der Waals surface area contributed by atoms with Crippen LogP contribution < -0.4 is 0 Å². The molecule has 1 unspecified atom stereocenters. The van der Waals surface area contributed by atoms with Crippen molar-refractivity contribution in [3.8, 4) is 40.4 Å². The quantitative estimate of drug-likeness (QED) is 0.0358. The molecule has 7 heteroatoms. The van der Waals surface area contributed by atoms with Crippen LogP contribution in [-0.4, -0.2) is 5.78 Å². The molecule has 0 radical (unpaired) electrons. The molecule has 0 saturated heterocycles. The maximum Gasteiger partial charge on any atom is 0.174 e. The second kappa shape index (κ2) is 29.7. The topological polar surface area (TPSA) is 17.1 Å². The van der Waals surface area contributed by atoms with E-state index < -0.39 is 5.41 Å². The first-order valence-electron chi connectivity index (χ1n) is 30.7. The van der Waals surface area contributed by atoms with Crippen molar-refractivity contribution < 1.29 is 4.79 Å². The average Bonchev–Trinajstić information content (AvgIpc) is 4.31. The zero-order valence-electron chi connectivity index (χ0n) is 47.7. The van der Waals surface area contributed by atoms with Gasteiger partial charge in [0, 0.05) is 80.8 Å². The Labute approximate surface area is 479 Å². The van der Waals surface area contributed by atoms with Crippen LogP contribution in [0.25, 0.3) is 60.6 Å². The van der Waals surface area contributed by atoms with Gasteiger partial charge >= 0.3 is 0 Å². The van der Waals surface area contributed by atoms with E-state index in [4.69, 9.17) is 0 Å². The minimum Gasteiger partial charge on any atom is -0.293 e. The number of carbonyl (C=O) groups is 1. The molecule has 1 aliphatic rings. The molecule has 1 aliphatic carbocycles. The molecular formula is C68H94OS6. The molecule has 75 heavy (non-hydrogen) atoms. The predicted molar refractivity (Wildman–Crippen MR) is 344 cm³/mol. The molecule has 1 nitrogen and oxygen atoms in total. The van der Waals surface area contributed by atoms with Crippen LogP contribution >= 0.6 is 68.0 Å². The first kappa shape index (κ1) is 58.8. The molecule has 0 N–H and O–H groups in total. The van der Waals surface area contributed by atoms with Gasteiger partial charge in [-0.3, -0.25) is 4.79 Å². The third-order valence-electron chi connectivity index (χ3n) is 16.8. The van der Waals surface area contributed by atoms with Gasteiger partial charge in [-0.05, 0) is 99.5 Å². The number of Topliss-reactive ketones (excluding diaryl/α,β-unsaturated/α-hetero) is 1. The summed E-state index contributed by atoms with van der Waals surface area (Å²) in [5.74, 6) is 1.18. The Kier molecular flexibility index (Phi) is 23.3. The maximum atomic E-state index is 15.7. The highest BCUT2D eigenvalue weighted by Gasteiger charge is 2.47. The molecule has 408 valence electrons. The number of unbranched alkanes of at least 4 members (excludes halogenated alkanes) is 22. The summed E-state index contributed by atoms with van der Waals surface area (Å²) in [7, 11) is 0. The van der Waals surface area contributed by atoms with E-state index in [1.807, 2.05) is 56.7 Å². The third-order valence-corrected chi connectivity index (χ3v) is 24.0. The Morgan fingerprint density at radius 3 is 1.44 bits per heavy atom. The number of ketones is 1. The van der Waals surface area contributed by atoms with E-state index in [9.17, 15) is 0 Å². The highest BCUT2D eigenvalue weighted by Crippen LogP contribution is 2.58. The van der Waals surface area contributed by atoms with Gasteiger partial charge in [-0.25, -0.2) is 0 Å². The van der Waals surface area contributed by atoms with Crippen molar-refractivity contribution in [3.63, 3.8) is 0 Å². The lowest BCUT2D eigenvalue weighted by atomic mass is 9.65. The van der Waals surface area contributed by atoms with Gasteiger partial charge in [0.1, 0.15) is 0 Å². The van der Waals surface area contributed by atoms with Gasteiger partial charge in [0.25, 0.3) is 0 Å². The van der Waals surface area contributed by atoms with E-state index in [-0.39, 0.29) is 0 Å². The number of hydrogen-bond acceptors (Lipinski definition) is 7. The lowest BCUT2D eigenvalue weighted by molar-refractivity contribution is 0.0855. The monoisotopic (exact) mass is 1120 g/mol. The van der Waals surface area contributed by atoms with Crippen LogP contribution in [0.2, 0.25) is 0 Å². The van der Waals surface area contributed by atoms with E-state index in [0.29, 0.717) is 5.78 Å². The van der Waals surface area contributed by atoms with Gasteiger partial charge < -0.3 is 0 Å². The van der Waals surface area contributed by atoms with Gasteiger partial charge in [-0.15, -0.1) is 68.0 Å². The molecule has 7 aromatic rings. The number of rotatable bonds is 36.